The minimum Gasteiger partial charge on any atom is -0.462 e. The van der Waals surface area contributed by atoms with Gasteiger partial charge in [0, 0.05) is 6.42 Å². The van der Waals surface area contributed by atoms with Crippen molar-refractivity contribution in [3.05, 3.63) is 29.8 Å². The molecule has 0 unspecified atom stereocenters. The van der Waals surface area contributed by atoms with E-state index in [1.54, 1.807) is 31.2 Å². The molecular weight excluding hydrogens is 290 g/mol. The number of unbranched alkanes of at least 4 members (excludes halogenated alkanes) is 6. The fraction of sp³-hybridized carbons (Fsp3) is 0.579. The highest BCUT2D eigenvalue weighted by atomic mass is 16.5. The number of hydrogen-bond donors (Lipinski definition) is 1. The van der Waals surface area contributed by atoms with Gasteiger partial charge in [0.05, 0.1) is 17.9 Å². The second-order valence-corrected chi connectivity index (χ2v) is 5.69. The monoisotopic (exact) mass is 319 g/mol. The highest BCUT2D eigenvalue weighted by Crippen LogP contribution is 2.17. The van der Waals surface area contributed by atoms with Crippen LogP contribution in [0.4, 0.5) is 5.69 Å². The van der Waals surface area contributed by atoms with Gasteiger partial charge in [-0.3, -0.25) is 4.79 Å². The number of benzene rings is 1. The molecule has 0 saturated heterocycles. The summed E-state index contributed by atoms with van der Waals surface area (Å²) in [4.78, 5) is 23.9. The third-order valence-corrected chi connectivity index (χ3v) is 3.70. The summed E-state index contributed by atoms with van der Waals surface area (Å²) in [5, 5.41) is 2.82. The van der Waals surface area contributed by atoms with Gasteiger partial charge in [0.15, 0.2) is 0 Å². The van der Waals surface area contributed by atoms with Crippen LogP contribution >= 0.6 is 0 Å². The second kappa shape index (κ2) is 11.7. The van der Waals surface area contributed by atoms with Crippen LogP contribution in [-0.2, 0) is 9.53 Å². The summed E-state index contributed by atoms with van der Waals surface area (Å²) in [6, 6.07) is 6.96. The van der Waals surface area contributed by atoms with E-state index in [-0.39, 0.29) is 5.91 Å². The average molecular weight is 319 g/mol. The fourth-order valence-electron chi connectivity index (χ4n) is 2.43. The number of hydrogen-bond acceptors (Lipinski definition) is 3. The lowest BCUT2D eigenvalue weighted by Crippen LogP contribution is -2.15. The Balaban J connectivity index is 2.35. The molecule has 1 amide bonds. The van der Waals surface area contributed by atoms with Crippen LogP contribution in [0.2, 0.25) is 0 Å². The maximum Gasteiger partial charge on any atom is 0.340 e. The van der Waals surface area contributed by atoms with E-state index in [1.165, 1.54) is 32.1 Å². The van der Waals surface area contributed by atoms with Crippen LogP contribution in [0.25, 0.3) is 0 Å². The molecule has 1 rings (SSSR count). The van der Waals surface area contributed by atoms with E-state index in [0.29, 0.717) is 24.3 Å². The molecule has 0 heterocycles. The topological polar surface area (TPSA) is 55.4 Å². The SMILES string of the molecule is CCCCCCCCCC(=O)Nc1ccccc1C(=O)OCC. The summed E-state index contributed by atoms with van der Waals surface area (Å²) in [5.74, 6) is -0.449. The number of nitrogens with one attached hydrogen (secondary N) is 1. The van der Waals surface area contributed by atoms with Gasteiger partial charge >= 0.3 is 5.97 Å². The zero-order valence-corrected chi connectivity index (χ0v) is 14.4. The molecule has 1 aromatic carbocycles. The number of esters is 1. The van der Waals surface area contributed by atoms with E-state index in [0.717, 1.165) is 12.8 Å². The zero-order valence-electron chi connectivity index (χ0n) is 14.4. The first-order valence-corrected chi connectivity index (χ1v) is 8.75. The van der Waals surface area contributed by atoms with Crippen molar-refractivity contribution in [2.75, 3.05) is 11.9 Å². The molecule has 0 atom stereocenters. The summed E-state index contributed by atoms with van der Waals surface area (Å²) >= 11 is 0. The summed E-state index contributed by atoms with van der Waals surface area (Å²) in [6.45, 7) is 4.29. The van der Waals surface area contributed by atoms with Gasteiger partial charge in [0.2, 0.25) is 5.91 Å². The van der Waals surface area contributed by atoms with Crippen LogP contribution in [0.1, 0.15) is 75.6 Å². The Morgan fingerprint density at radius 3 is 2.30 bits per heavy atom. The van der Waals surface area contributed by atoms with Crippen LogP contribution in [0.3, 0.4) is 0 Å². The van der Waals surface area contributed by atoms with Crippen LogP contribution in [0.5, 0.6) is 0 Å². The Kier molecular flexibility index (Phi) is 9.76. The molecule has 4 heteroatoms. The van der Waals surface area contributed by atoms with Crippen molar-refractivity contribution >= 4 is 17.6 Å². The molecule has 0 spiro atoms. The summed E-state index contributed by atoms with van der Waals surface area (Å²) in [7, 11) is 0. The molecule has 0 aromatic heterocycles. The molecule has 23 heavy (non-hydrogen) atoms. The molecule has 0 saturated carbocycles. The van der Waals surface area contributed by atoms with Crippen molar-refractivity contribution < 1.29 is 14.3 Å². The lowest BCUT2D eigenvalue weighted by molar-refractivity contribution is -0.116. The zero-order chi connectivity index (χ0) is 16.9. The molecule has 0 bridgehead atoms. The minimum absolute atomic E-state index is 0.0460. The van der Waals surface area contributed by atoms with Gasteiger partial charge in [-0.2, -0.15) is 0 Å². The average Bonchev–Trinajstić information content (AvgIpc) is 2.54. The highest BCUT2D eigenvalue weighted by Gasteiger charge is 2.13. The Labute approximate surface area is 139 Å². The Morgan fingerprint density at radius 2 is 1.61 bits per heavy atom. The molecular formula is C19H29NO3. The van der Waals surface area contributed by atoms with E-state index < -0.39 is 5.97 Å². The Hall–Kier alpha value is -1.84. The summed E-state index contributed by atoms with van der Waals surface area (Å²) in [5.41, 5.74) is 0.932. The first-order chi connectivity index (χ1) is 11.2. The van der Waals surface area contributed by atoms with E-state index >= 15 is 0 Å². The van der Waals surface area contributed by atoms with Crippen LogP contribution < -0.4 is 5.32 Å². The third-order valence-electron chi connectivity index (χ3n) is 3.70. The molecule has 128 valence electrons. The van der Waals surface area contributed by atoms with Crippen LogP contribution in [-0.4, -0.2) is 18.5 Å². The van der Waals surface area contributed by atoms with Gasteiger partial charge < -0.3 is 10.1 Å². The first kappa shape index (κ1) is 19.2. The smallest absolute Gasteiger partial charge is 0.340 e. The lowest BCUT2D eigenvalue weighted by Gasteiger charge is -2.10. The number of anilines is 1. The standard InChI is InChI=1S/C19H29NO3/c1-3-5-6-7-8-9-10-15-18(21)20-17-14-12-11-13-16(17)19(22)23-4-2/h11-14H,3-10,15H2,1-2H3,(H,20,21). The molecule has 1 aromatic rings. The molecule has 0 aliphatic heterocycles. The van der Waals surface area contributed by atoms with Crippen molar-refractivity contribution in [3.63, 3.8) is 0 Å². The Bertz CT molecular complexity index is 485. The van der Waals surface area contributed by atoms with Gasteiger partial charge in [-0.25, -0.2) is 4.79 Å². The van der Waals surface area contributed by atoms with E-state index in [1.807, 2.05) is 0 Å². The normalized spacial score (nSPS) is 10.3. The van der Waals surface area contributed by atoms with Crippen LogP contribution in [0, 0.1) is 0 Å². The number of para-hydroxylation sites is 1. The third kappa shape index (κ3) is 7.82. The number of rotatable bonds is 11. The second-order valence-electron chi connectivity index (χ2n) is 5.69. The summed E-state index contributed by atoms with van der Waals surface area (Å²) in [6.07, 6.45) is 8.73. The van der Waals surface area contributed by atoms with Gasteiger partial charge in [-0.05, 0) is 25.5 Å². The van der Waals surface area contributed by atoms with Crippen molar-refractivity contribution in [1.82, 2.24) is 0 Å². The predicted octanol–water partition coefficient (Wildman–Crippen LogP) is 4.94. The number of carbonyl (C=O) groups excluding carboxylic acids is 2. The molecule has 1 N–H and O–H groups in total. The van der Waals surface area contributed by atoms with Gasteiger partial charge in [0.25, 0.3) is 0 Å². The molecule has 0 radical (unpaired) electrons. The molecule has 0 fully saturated rings. The number of ether oxygens (including phenoxy) is 1. The van der Waals surface area contributed by atoms with E-state index in [2.05, 4.69) is 12.2 Å². The van der Waals surface area contributed by atoms with Gasteiger partial charge in [0.1, 0.15) is 0 Å². The Morgan fingerprint density at radius 1 is 0.957 bits per heavy atom. The van der Waals surface area contributed by atoms with Crippen molar-refractivity contribution in [2.24, 2.45) is 0 Å². The number of amides is 1. The fourth-order valence-corrected chi connectivity index (χ4v) is 2.43. The maximum absolute atomic E-state index is 12.0. The number of carbonyl (C=O) groups is 2. The van der Waals surface area contributed by atoms with Gasteiger partial charge in [-0.1, -0.05) is 57.6 Å². The van der Waals surface area contributed by atoms with Crippen LogP contribution in [0.15, 0.2) is 24.3 Å². The van der Waals surface area contributed by atoms with E-state index in [9.17, 15) is 9.59 Å². The molecule has 0 aliphatic rings. The first-order valence-electron chi connectivity index (χ1n) is 8.75. The predicted molar refractivity (Wildman–Crippen MR) is 93.6 cm³/mol. The van der Waals surface area contributed by atoms with E-state index in [4.69, 9.17) is 4.74 Å². The van der Waals surface area contributed by atoms with Gasteiger partial charge in [-0.15, -0.1) is 0 Å². The quantitative estimate of drug-likeness (QED) is 0.464. The highest BCUT2D eigenvalue weighted by molar-refractivity contribution is 6.01. The van der Waals surface area contributed by atoms with Crippen molar-refractivity contribution in [1.29, 1.82) is 0 Å². The van der Waals surface area contributed by atoms with Crippen molar-refractivity contribution in [2.45, 2.75) is 65.2 Å². The molecule has 4 nitrogen and oxygen atoms in total. The molecule has 0 aliphatic carbocycles. The summed E-state index contributed by atoms with van der Waals surface area (Å²) < 4.78 is 5.01. The van der Waals surface area contributed by atoms with Crippen molar-refractivity contribution in [3.8, 4) is 0 Å². The maximum atomic E-state index is 12.0. The lowest BCUT2D eigenvalue weighted by atomic mass is 10.1. The minimum atomic E-state index is -0.403. The largest absolute Gasteiger partial charge is 0.462 e.